The number of aryl methyl sites for hydroxylation is 2. The van der Waals surface area contributed by atoms with Crippen LogP contribution in [0.25, 0.3) is 11.1 Å². The second kappa shape index (κ2) is 6.10. The highest BCUT2D eigenvalue weighted by atomic mass is 32.1. The fourth-order valence-electron chi connectivity index (χ4n) is 3.05. The van der Waals surface area contributed by atoms with Crippen LogP contribution in [0.4, 0.5) is 26.3 Å². The second-order valence-corrected chi connectivity index (χ2v) is 8.46. The summed E-state index contributed by atoms with van der Waals surface area (Å²) in [7, 11) is 1.25. The summed E-state index contributed by atoms with van der Waals surface area (Å²) >= 11 is 1.65. The summed E-state index contributed by atoms with van der Waals surface area (Å²) < 4.78 is 91.8. The van der Waals surface area contributed by atoms with Gasteiger partial charge < -0.3 is 4.74 Å². The molecule has 2 aromatic rings. The van der Waals surface area contributed by atoms with Crippen LogP contribution in [0.2, 0.25) is 0 Å². The van der Waals surface area contributed by atoms with Crippen molar-refractivity contribution in [1.82, 2.24) is 0 Å². The van der Waals surface area contributed by atoms with Crippen LogP contribution in [0, 0.1) is 13.8 Å². The van der Waals surface area contributed by atoms with E-state index in [1.54, 1.807) is 0 Å². The lowest BCUT2D eigenvalue weighted by molar-refractivity contribution is -0.254. The van der Waals surface area contributed by atoms with Gasteiger partial charge in [0.15, 0.2) is 11.3 Å². The Hall–Kier alpha value is -1.81. The smallest absolute Gasteiger partial charge is 0.380 e. The number of allylic oxidation sites excluding steroid dienone is 2. The number of ether oxygens (including phenoxy) is 1. The molecule has 0 radical (unpaired) electrons. The molecule has 0 N–H and O–H groups in total. The van der Waals surface area contributed by atoms with Crippen molar-refractivity contribution in [1.29, 1.82) is 0 Å². The number of rotatable bonds is 4. The Bertz CT molecular complexity index is 955. The van der Waals surface area contributed by atoms with Crippen LogP contribution in [0.1, 0.15) is 30.6 Å². The molecule has 10 heteroatoms. The predicted octanol–water partition coefficient (Wildman–Crippen LogP) is 6.08. The topological polar surface area (TPSA) is 26.3 Å². The molecule has 0 aromatic carbocycles. The van der Waals surface area contributed by atoms with Crippen LogP contribution >= 0.6 is 22.7 Å². The minimum atomic E-state index is -5.62. The summed E-state index contributed by atoms with van der Waals surface area (Å²) in [5, 5.41) is 0.124. The lowest BCUT2D eigenvalue weighted by Gasteiger charge is -2.25. The van der Waals surface area contributed by atoms with E-state index in [-0.39, 0.29) is 19.7 Å². The van der Waals surface area contributed by atoms with E-state index in [4.69, 9.17) is 4.74 Å². The van der Waals surface area contributed by atoms with Crippen molar-refractivity contribution in [2.24, 2.45) is 0 Å². The molecular formula is C17H12F6O2S2. The van der Waals surface area contributed by atoms with E-state index in [0.717, 1.165) is 34.8 Å². The van der Waals surface area contributed by atoms with Gasteiger partial charge in [-0.1, -0.05) is 0 Å². The zero-order valence-corrected chi connectivity index (χ0v) is 15.8. The molecule has 0 amide bonds. The van der Waals surface area contributed by atoms with Gasteiger partial charge in [-0.15, -0.1) is 22.7 Å². The first-order valence-electron chi connectivity index (χ1n) is 7.49. The monoisotopic (exact) mass is 426 g/mol. The number of aldehydes is 1. The average molecular weight is 426 g/mol. The van der Waals surface area contributed by atoms with Gasteiger partial charge in [0.25, 0.3) is 0 Å². The lowest BCUT2D eigenvalue weighted by atomic mass is 9.95. The molecule has 0 spiro atoms. The van der Waals surface area contributed by atoms with Crippen LogP contribution in [0.15, 0.2) is 12.1 Å². The Morgan fingerprint density at radius 3 is 1.78 bits per heavy atom. The third kappa shape index (κ3) is 2.56. The number of hydrogen-bond donors (Lipinski definition) is 0. The van der Waals surface area contributed by atoms with Gasteiger partial charge in [-0.05, 0) is 31.5 Å². The van der Waals surface area contributed by atoms with Gasteiger partial charge in [0.05, 0.1) is 12.0 Å². The van der Waals surface area contributed by atoms with Crippen molar-refractivity contribution in [3.8, 4) is 5.06 Å². The highest BCUT2D eigenvalue weighted by Gasteiger charge is 2.80. The number of hydrogen-bond acceptors (Lipinski definition) is 4. The third-order valence-electron chi connectivity index (χ3n) is 4.35. The van der Waals surface area contributed by atoms with Crippen molar-refractivity contribution in [2.75, 3.05) is 7.11 Å². The second-order valence-electron chi connectivity index (χ2n) is 5.95. The summed E-state index contributed by atoms with van der Waals surface area (Å²) in [6, 6.07) is 1.98. The first kappa shape index (κ1) is 19.9. The third-order valence-corrected chi connectivity index (χ3v) is 6.34. The molecule has 146 valence electrons. The SMILES string of the molecule is COc1cc(C2=C(c3cc(C=O)sc3C)C(F)(F)C(F)(F)C2(F)F)c(C)s1. The Morgan fingerprint density at radius 2 is 1.37 bits per heavy atom. The highest BCUT2D eigenvalue weighted by Crippen LogP contribution is 2.65. The van der Waals surface area contributed by atoms with Crippen LogP contribution in [-0.4, -0.2) is 31.2 Å². The molecule has 27 heavy (non-hydrogen) atoms. The minimum Gasteiger partial charge on any atom is -0.487 e. The van der Waals surface area contributed by atoms with Crippen molar-refractivity contribution >= 4 is 40.1 Å². The molecule has 0 bridgehead atoms. The number of carbonyl (C=O) groups excluding carboxylic acids is 1. The molecule has 3 rings (SSSR count). The van der Waals surface area contributed by atoms with Crippen LogP contribution in [-0.2, 0) is 0 Å². The number of alkyl halides is 6. The molecule has 2 heterocycles. The summed E-state index contributed by atoms with van der Waals surface area (Å²) in [5.74, 6) is -15.9. The summed E-state index contributed by atoms with van der Waals surface area (Å²) in [5.41, 5.74) is -3.80. The maximum atomic E-state index is 14.6. The van der Waals surface area contributed by atoms with Crippen molar-refractivity contribution in [3.05, 3.63) is 37.9 Å². The number of methoxy groups -OCH3 is 1. The van der Waals surface area contributed by atoms with E-state index in [0.29, 0.717) is 6.29 Å². The van der Waals surface area contributed by atoms with E-state index in [9.17, 15) is 31.1 Å². The van der Waals surface area contributed by atoms with Crippen molar-refractivity contribution in [3.63, 3.8) is 0 Å². The van der Waals surface area contributed by atoms with E-state index in [1.165, 1.54) is 21.0 Å². The standard InChI is InChI=1S/C17H12F6O2S2/c1-7-10(4-9(6-24)26-7)13-14(11-5-12(25-3)27-8(11)2)16(20,21)17(22,23)15(13,18)19/h4-6H,1-3H3. The first-order chi connectivity index (χ1) is 12.4. The predicted molar refractivity (Wildman–Crippen MR) is 91.7 cm³/mol. The largest absolute Gasteiger partial charge is 0.487 e. The zero-order chi connectivity index (χ0) is 20.4. The van der Waals surface area contributed by atoms with Gasteiger partial charge in [0.2, 0.25) is 0 Å². The summed E-state index contributed by atoms with van der Waals surface area (Å²) in [4.78, 5) is 11.1. The van der Waals surface area contributed by atoms with Crippen molar-refractivity contribution in [2.45, 2.75) is 31.6 Å². The first-order valence-corrected chi connectivity index (χ1v) is 9.12. The fraction of sp³-hybridized carbons (Fsp3) is 0.353. The molecule has 0 saturated carbocycles. The van der Waals surface area contributed by atoms with Gasteiger partial charge in [0, 0.05) is 26.5 Å². The maximum absolute atomic E-state index is 14.6. The quantitative estimate of drug-likeness (QED) is 0.438. The maximum Gasteiger partial charge on any atom is 0.380 e. The van der Waals surface area contributed by atoms with Gasteiger partial charge in [0.1, 0.15) is 0 Å². The molecular weight excluding hydrogens is 414 g/mol. The number of halogens is 6. The zero-order valence-electron chi connectivity index (χ0n) is 14.1. The van der Waals surface area contributed by atoms with E-state index in [1.807, 2.05) is 0 Å². The normalized spacial score (nSPS) is 20.2. The van der Waals surface area contributed by atoms with E-state index >= 15 is 0 Å². The van der Waals surface area contributed by atoms with Gasteiger partial charge in [-0.25, -0.2) is 0 Å². The van der Waals surface area contributed by atoms with E-state index in [2.05, 4.69) is 0 Å². The molecule has 0 fully saturated rings. The highest BCUT2D eigenvalue weighted by molar-refractivity contribution is 7.14. The van der Waals surface area contributed by atoms with Crippen molar-refractivity contribution < 1.29 is 35.9 Å². The molecule has 0 aliphatic heterocycles. The molecule has 0 saturated heterocycles. The number of carbonyl (C=O) groups is 1. The molecule has 1 aliphatic rings. The van der Waals surface area contributed by atoms with Crippen LogP contribution in [0.3, 0.4) is 0 Å². The van der Waals surface area contributed by atoms with Crippen LogP contribution < -0.4 is 4.74 Å². The lowest BCUT2D eigenvalue weighted by Crippen LogP contribution is -2.48. The number of thiophene rings is 2. The molecule has 1 aliphatic carbocycles. The Balaban J connectivity index is 2.44. The summed E-state index contributed by atoms with van der Waals surface area (Å²) in [6.45, 7) is 2.67. The summed E-state index contributed by atoms with van der Waals surface area (Å²) in [6.07, 6.45) is 0.351. The average Bonchev–Trinajstić information content (AvgIpc) is 3.16. The molecule has 0 unspecified atom stereocenters. The van der Waals surface area contributed by atoms with Gasteiger partial charge in [-0.2, -0.15) is 26.3 Å². The van der Waals surface area contributed by atoms with Gasteiger partial charge >= 0.3 is 17.8 Å². The Labute approximate surface area is 158 Å². The molecule has 0 atom stereocenters. The fourth-order valence-corrected chi connectivity index (χ4v) is 4.73. The molecule has 2 nitrogen and oxygen atoms in total. The van der Waals surface area contributed by atoms with Gasteiger partial charge in [-0.3, -0.25) is 4.79 Å². The minimum absolute atomic E-state index is 0.0247. The van der Waals surface area contributed by atoms with E-state index < -0.39 is 40.0 Å². The molecule has 2 aromatic heterocycles. The Kier molecular flexibility index (Phi) is 4.50. The Morgan fingerprint density at radius 1 is 0.889 bits per heavy atom. The van der Waals surface area contributed by atoms with Crippen LogP contribution in [0.5, 0.6) is 5.06 Å².